The van der Waals surface area contributed by atoms with E-state index in [-0.39, 0.29) is 5.97 Å². The Hall–Kier alpha value is -4.16. The van der Waals surface area contributed by atoms with Gasteiger partial charge in [0, 0.05) is 0 Å². The Balaban J connectivity index is 0.000000318. The van der Waals surface area contributed by atoms with E-state index in [0.717, 1.165) is 22.3 Å². The zero-order valence-corrected chi connectivity index (χ0v) is 22.5. The Bertz CT molecular complexity index is 1230. The van der Waals surface area contributed by atoms with Crippen LogP contribution in [-0.4, -0.2) is 13.1 Å². The number of benzene rings is 4. The maximum atomic E-state index is 11.4. The minimum absolute atomic E-state index is 0.307. The molecule has 0 unspecified atom stereocenters. The van der Waals surface area contributed by atoms with Crippen molar-refractivity contribution in [3.8, 4) is 28.3 Å². The highest BCUT2D eigenvalue weighted by Gasteiger charge is 2.06. The average Bonchev–Trinajstić information content (AvgIpc) is 2.96. The van der Waals surface area contributed by atoms with Gasteiger partial charge >= 0.3 is 5.97 Å². The monoisotopic (exact) mass is 479 g/mol. The molecule has 0 spiro atoms. The second kappa shape index (κ2) is 16.5. The Labute approximate surface area is 217 Å². The van der Waals surface area contributed by atoms with E-state index in [4.69, 9.17) is 10.00 Å². The van der Waals surface area contributed by atoms with Gasteiger partial charge in [-0.05, 0) is 60.4 Å². The second-order valence-electron chi connectivity index (χ2n) is 7.50. The summed E-state index contributed by atoms with van der Waals surface area (Å²) in [4.78, 5) is 11.4. The second-order valence-corrected chi connectivity index (χ2v) is 7.50. The van der Waals surface area contributed by atoms with Gasteiger partial charge in [-0.25, -0.2) is 4.79 Å². The molecule has 0 aliphatic carbocycles. The van der Waals surface area contributed by atoms with Crippen LogP contribution in [0.15, 0.2) is 97.1 Å². The molecule has 0 aliphatic heterocycles. The lowest BCUT2D eigenvalue weighted by Crippen LogP contribution is -2.00. The molecule has 3 nitrogen and oxygen atoms in total. The molecule has 4 aromatic rings. The summed E-state index contributed by atoms with van der Waals surface area (Å²) in [6.07, 6.45) is 0. The molecule has 3 heteroatoms. The first kappa shape index (κ1) is 29.9. The fourth-order valence-corrected chi connectivity index (χ4v) is 3.20. The van der Waals surface area contributed by atoms with Crippen LogP contribution in [0.3, 0.4) is 0 Å². The predicted molar refractivity (Wildman–Crippen MR) is 152 cm³/mol. The van der Waals surface area contributed by atoms with Crippen molar-refractivity contribution >= 4 is 5.97 Å². The lowest BCUT2D eigenvalue weighted by molar-refractivity contribution is 0.0601. The first-order valence-electron chi connectivity index (χ1n) is 12.3. The van der Waals surface area contributed by atoms with Gasteiger partial charge in [-0.15, -0.1) is 0 Å². The average molecular weight is 480 g/mol. The maximum Gasteiger partial charge on any atom is 0.337 e. The number of nitrogens with zero attached hydrogens (tertiary/aromatic N) is 1. The summed E-state index contributed by atoms with van der Waals surface area (Å²) in [6.45, 7) is 12.1. The van der Waals surface area contributed by atoms with Crippen molar-refractivity contribution in [2.24, 2.45) is 0 Å². The number of hydrogen-bond donors (Lipinski definition) is 0. The molecule has 0 saturated heterocycles. The number of esters is 1. The molecule has 0 amide bonds. The number of rotatable bonds is 3. The predicted octanol–water partition coefficient (Wildman–Crippen LogP) is 9.03. The Morgan fingerprint density at radius 1 is 0.639 bits per heavy atom. The summed E-state index contributed by atoms with van der Waals surface area (Å²) in [5.41, 5.74) is 8.10. The maximum absolute atomic E-state index is 11.4. The van der Waals surface area contributed by atoms with E-state index < -0.39 is 0 Å². The third-order valence-electron chi connectivity index (χ3n) is 5.05. The highest BCUT2D eigenvalue weighted by atomic mass is 16.5. The Kier molecular flexibility index (Phi) is 13.7. The van der Waals surface area contributed by atoms with Crippen LogP contribution in [0.25, 0.3) is 22.3 Å². The van der Waals surface area contributed by atoms with Crippen LogP contribution < -0.4 is 0 Å². The molecule has 4 rings (SSSR count). The van der Waals surface area contributed by atoms with Crippen LogP contribution in [0.4, 0.5) is 0 Å². The molecule has 0 N–H and O–H groups in total. The van der Waals surface area contributed by atoms with Crippen LogP contribution in [0.2, 0.25) is 0 Å². The molecule has 0 heterocycles. The van der Waals surface area contributed by atoms with Crippen molar-refractivity contribution in [3.05, 3.63) is 119 Å². The number of carbonyl (C=O) groups excluding carboxylic acids is 1. The van der Waals surface area contributed by atoms with Gasteiger partial charge in [0.25, 0.3) is 0 Å². The zero-order chi connectivity index (χ0) is 26.9. The molecule has 36 heavy (non-hydrogen) atoms. The number of methoxy groups -OCH3 is 1. The normalized spacial score (nSPS) is 9.06. The van der Waals surface area contributed by atoms with Gasteiger partial charge in [0.05, 0.1) is 24.3 Å². The number of nitriles is 1. The van der Waals surface area contributed by atoms with Gasteiger partial charge in [0.2, 0.25) is 0 Å². The molecular weight excluding hydrogens is 442 g/mol. The first-order chi connectivity index (χ1) is 17.5. The quantitative estimate of drug-likeness (QED) is 0.275. The molecule has 0 aromatic heterocycles. The number of carbonyl (C=O) groups is 1. The lowest BCUT2D eigenvalue weighted by atomic mass is 10.0. The van der Waals surface area contributed by atoms with Crippen LogP contribution >= 0.6 is 0 Å². The van der Waals surface area contributed by atoms with Gasteiger partial charge < -0.3 is 4.74 Å². The highest BCUT2D eigenvalue weighted by Crippen LogP contribution is 2.22. The van der Waals surface area contributed by atoms with Crippen molar-refractivity contribution < 1.29 is 9.53 Å². The van der Waals surface area contributed by atoms with Gasteiger partial charge in [0.1, 0.15) is 0 Å². The summed E-state index contributed by atoms with van der Waals surface area (Å²) in [5, 5.41) is 8.80. The van der Waals surface area contributed by atoms with E-state index in [1.54, 1.807) is 6.07 Å². The number of ether oxygens (including phenoxy) is 1. The van der Waals surface area contributed by atoms with Crippen molar-refractivity contribution in [1.29, 1.82) is 5.26 Å². The van der Waals surface area contributed by atoms with E-state index in [1.807, 2.05) is 82.3 Å². The van der Waals surface area contributed by atoms with Crippen LogP contribution in [0.1, 0.15) is 54.7 Å². The number of aryl methyl sites for hydroxylation is 2. The van der Waals surface area contributed by atoms with E-state index >= 15 is 0 Å². The smallest absolute Gasteiger partial charge is 0.337 e. The summed E-state index contributed by atoms with van der Waals surface area (Å²) in [7, 11) is 1.39. The highest BCUT2D eigenvalue weighted by molar-refractivity contribution is 5.90. The zero-order valence-electron chi connectivity index (χ0n) is 22.5. The molecule has 0 radical (unpaired) electrons. The Morgan fingerprint density at radius 3 is 1.53 bits per heavy atom. The Morgan fingerprint density at radius 2 is 1.08 bits per heavy atom. The third kappa shape index (κ3) is 9.24. The minimum Gasteiger partial charge on any atom is -0.465 e. The summed E-state index contributed by atoms with van der Waals surface area (Å²) < 4.78 is 4.71. The molecule has 0 saturated carbocycles. The molecule has 186 valence electrons. The molecule has 0 atom stereocenters. The first-order valence-corrected chi connectivity index (χ1v) is 12.3. The van der Waals surface area contributed by atoms with Gasteiger partial charge in [-0.1, -0.05) is 112 Å². The van der Waals surface area contributed by atoms with E-state index in [2.05, 4.69) is 56.3 Å². The topological polar surface area (TPSA) is 50.1 Å². The standard InChI is InChI=1S/C15H14O2.C14H11N.2C2H6/c1-11-6-8-12(9-7-11)13-4-3-5-14(10-13)15(16)17-2;1-11-5-7-13(8-6-11)14-4-2-3-12(9-14)10-15;2*1-2/h3-10H,1-2H3;2-9H,1H3;2*1-2H3. The SMILES string of the molecule is CC.CC.COC(=O)c1cccc(-c2ccc(C)cc2)c1.Cc1ccc(-c2cccc(C#N)c2)cc1. The molecule has 0 aliphatic rings. The van der Waals surface area contributed by atoms with Crippen LogP contribution in [-0.2, 0) is 4.74 Å². The van der Waals surface area contributed by atoms with Gasteiger partial charge in [-0.3, -0.25) is 0 Å². The molecule has 4 aromatic carbocycles. The van der Waals surface area contributed by atoms with E-state index in [1.165, 1.54) is 18.2 Å². The summed E-state index contributed by atoms with van der Waals surface area (Å²) in [6, 6.07) is 33.8. The molecule has 0 fully saturated rings. The van der Waals surface area contributed by atoms with E-state index in [0.29, 0.717) is 11.1 Å². The minimum atomic E-state index is -0.307. The lowest BCUT2D eigenvalue weighted by Gasteiger charge is -2.04. The largest absolute Gasteiger partial charge is 0.465 e. The van der Waals surface area contributed by atoms with E-state index in [9.17, 15) is 4.79 Å². The van der Waals surface area contributed by atoms with Crippen LogP contribution in [0.5, 0.6) is 0 Å². The summed E-state index contributed by atoms with van der Waals surface area (Å²) >= 11 is 0. The van der Waals surface area contributed by atoms with Crippen LogP contribution in [0, 0.1) is 25.2 Å². The van der Waals surface area contributed by atoms with Crippen molar-refractivity contribution in [3.63, 3.8) is 0 Å². The van der Waals surface area contributed by atoms with Crippen molar-refractivity contribution in [2.45, 2.75) is 41.5 Å². The summed E-state index contributed by atoms with van der Waals surface area (Å²) in [5.74, 6) is -0.307. The van der Waals surface area contributed by atoms with Gasteiger partial charge in [-0.2, -0.15) is 5.26 Å². The molecule has 0 bridgehead atoms. The fraction of sp³-hybridized carbons (Fsp3) is 0.212. The number of hydrogen-bond acceptors (Lipinski definition) is 3. The third-order valence-corrected chi connectivity index (χ3v) is 5.05. The van der Waals surface area contributed by atoms with Crippen molar-refractivity contribution in [1.82, 2.24) is 0 Å². The fourth-order valence-electron chi connectivity index (χ4n) is 3.20. The van der Waals surface area contributed by atoms with Gasteiger partial charge in [0.15, 0.2) is 0 Å². The molecular formula is C33H37NO2. The van der Waals surface area contributed by atoms with Crippen molar-refractivity contribution in [2.75, 3.05) is 7.11 Å².